The zero-order valence-electron chi connectivity index (χ0n) is 7.71. The maximum atomic E-state index is 5.42. The molecule has 1 fully saturated rings. The van der Waals surface area contributed by atoms with Gasteiger partial charge < -0.3 is 10.6 Å². The predicted molar refractivity (Wildman–Crippen MR) is 48.4 cm³/mol. The molecular formula is C9H20N2. The monoisotopic (exact) mass is 156 g/mol. The van der Waals surface area contributed by atoms with Crippen LogP contribution >= 0.6 is 0 Å². The van der Waals surface area contributed by atoms with Crippen molar-refractivity contribution in [1.29, 1.82) is 0 Å². The molecule has 2 N–H and O–H groups in total. The van der Waals surface area contributed by atoms with E-state index in [9.17, 15) is 0 Å². The first-order valence-electron chi connectivity index (χ1n) is 4.62. The zero-order valence-corrected chi connectivity index (χ0v) is 7.71. The Hall–Kier alpha value is -0.0800. The van der Waals surface area contributed by atoms with Gasteiger partial charge in [-0.2, -0.15) is 0 Å². The number of nitrogens with zero attached hydrogens (tertiary/aromatic N) is 1. The van der Waals surface area contributed by atoms with E-state index in [0.29, 0.717) is 0 Å². The van der Waals surface area contributed by atoms with Crippen molar-refractivity contribution in [3.05, 3.63) is 0 Å². The van der Waals surface area contributed by atoms with Gasteiger partial charge >= 0.3 is 0 Å². The molecule has 2 atom stereocenters. The second kappa shape index (κ2) is 4.07. The summed E-state index contributed by atoms with van der Waals surface area (Å²) in [5.74, 6) is 1.97. The Balaban J connectivity index is 1.97. The Bertz CT molecular complexity index is 114. The largest absolute Gasteiger partial charge is 0.330 e. The summed E-state index contributed by atoms with van der Waals surface area (Å²) in [5, 5.41) is 0. The smallest absolute Gasteiger partial charge is 0.000927 e. The second-order valence-corrected chi connectivity index (χ2v) is 3.88. The summed E-state index contributed by atoms with van der Waals surface area (Å²) in [4.78, 5) is 2.40. The molecule has 0 aliphatic heterocycles. The first kappa shape index (κ1) is 9.01. The van der Waals surface area contributed by atoms with Crippen molar-refractivity contribution >= 4 is 0 Å². The zero-order chi connectivity index (χ0) is 8.27. The summed E-state index contributed by atoms with van der Waals surface area (Å²) in [6, 6.07) is 0. The standard InChI is InChI=1S/C9H20N2/c1-8-6-9(8)7-11(2)5-3-4-10/h8-9H,3-7,10H2,1-2H3. The van der Waals surface area contributed by atoms with Crippen LogP contribution in [0.3, 0.4) is 0 Å². The lowest BCUT2D eigenvalue weighted by Crippen LogP contribution is -2.24. The molecule has 1 aliphatic carbocycles. The fourth-order valence-electron chi connectivity index (χ4n) is 1.51. The molecule has 0 saturated heterocycles. The lowest BCUT2D eigenvalue weighted by molar-refractivity contribution is 0.312. The van der Waals surface area contributed by atoms with Crippen LogP contribution in [0.25, 0.3) is 0 Å². The van der Waals surface area contributed by atoms with Gasteiger partial charge in [0.15, 0.2) is 0 Å². The number of nitrogens with two attached hydrogens (primary N) is 1. The van der Waals surface area contributed by atoms with Crippen LogP contribution in [0.1, 0.15) is 19.8 Å². The van der Waals surface area contributed by atoms with Crippen molar-refractivity contribution < 1.29 is 0 Å². The van der Waals surface area contributed by atoms with Gasteiger partial charge in [0.2, 0.25) is 0 Å². The van der Waals surface area contributed by atoms with Crippen molar-refractivity contribution in [3.8, 4) is 0 Å². The summed E-state index contributed by atoms with van der Waals surface area (Å²) in [6.45, 7) is 5.60. The number of hydrogen-bond acceptors (Lipinski definition) is 2. The van der Waals surface area contributed by atoms with Gasteiger partial charge in [0.1, 0.15) is 0 Å². The molecule has 1 rings (SSSR count). The summed E-state index contributed by atoms with van der Waals surface area (Å²) < 4.78 is 0. The van der Waals surface area contributed by atoms with E-state index in [1.807, 2.05) is 0 Å². The summed E-state index contributed by atoms with van der Waals surface area (Å²) in [7, 11) is 2.20. The SMILES string of the molecule is CC1CC1CN(C)CCCN. The third-order valence-electron chi connectivity index (χ3n) is 2.57. The molecule has 0 bridgehead atoms. The first-order valence-corrected chi connectivity index (χ1v) is 4.62. The molecule has 0 heterocycles. The first-order chi connectivity index (χ1) is 5.24. The van der Waals surface area contributed by atoms with E-state index in [-0.39, 0.29) is 0 Å². The Morgan fingerprint density at radius 3 is 2.64 bits per heavy atom. The molecule has 2 unspecified atom stereocenters. The molecule has 2 heteroatoms. The van der Waals surface area contributed by atoms with E-state index in [1.54, 1.807) is 0 Å². The Morgan fingerprint density at radius 1 is 1.55 bits per heavy atom. The quantitative estimate of drug-likeness (QED) is 0.641. The van der Waals surface area contributed by atoms with E-state index in [2.05, 4.69) is 18.9 Å². The fraction of sp³-hybridized carbons (Fsp3) is 1.00. The number of rotatable bonds is 5. The van der Waals surface area contributed by atoms with Crippen LogP contribution in [-0.4, -0.2) is 31.6 Å². The topological polar surface area (TPSA) is 29.3 Å². The molecule has 11 heavy (non-hydrogen) atoms. The molecule has 0 amide bonds. The molecule has 66 valence electrons. The lowest BCUT2D eigenvalue weighted by Gasteiger charge is -2.15. The minimum Gasteiger partial charge on any atom is -0.330 e. The summed E-state index contributed by atoms with van der Waals surface area (Å²) in [6.07, 6.45) is 2.57. The summed E-state index contributed by atoms with van der Waals surface area (Å²) in [5.41, 5.74) is 5.42. The maximum absolute atomic E-state index is 5.42. The molecule has 0 aromatic rings. The highest BCUT2D eigenvalue weighted by molar-refractivity contribution is 4.84. The fourth-order valence-corrected chi connectivity index (χ4v) is 1.51. The lowest BCUT2D eigenvalue weighted by atomic mass is 10.3. The van der Waals surface area contributed by atoms with Crippen molar-refractivity contribution in [2.75, 3.05) is 26.7 Å². The highest BCUT2D eigenvalue weighted by Gasteiger charge is 2.32. The minimum absolute atomic E-state index is 0.824. The second-order valence-electron chi connectivity index (χ2n) is 3.88. The van der Waals surface area contributed by atoms with Crippen molar-refractivity contribution in [3.63, 3.8) is 0 Å². The van der Waals surface area contributed by atoms with Gasteiger partial charge in [0.05, 0.1) is 0 Å². The van der Waals surface area contributed by atoms with Crippen molar-refractivity contribution in [2.24, 2.45) is 17.6 Å². The van der Waals surface area contributed by atoms with Gasteiger partial charge in [-0.15, -0.1) is 0 Å². The molecule has 0 aromatic heterocycles. The average Bonchev–Trinajstić information content (AvgIpc) is 2.62. The maximum Gasteiger partial charge on any atom is 0.000927 e. The molecule has 2 nitrogen and oxygen atoms in total. The van der Waals surface area contributed by atoms with Gasteiger partial charge in [-0.3, -0.25) is 0 Å². The van der Waals surface area contributed by atoms with Crippen LogP contribution in [0.2, 0.25) is 0 Å². The van der Waals surface area contributed by atoms with Crippen LogP contribution < -0.4 is 5.73 Å². The number of hydrogen-bond donors (Lipinski definition) is 1. The van der Waals surface area contributed by atoms with E-state index in [4.69, 9.17) is 5.73 Å². The minimum atomic E-state index is 0.824. The molecule has 0 aromatic carbocycles. The molecular weight excluding hydrogens is 136 g/mol. The Kier molecular flexibility index (Phi) is 3.34. The third-order valence-corrected chi connectivity index (χ3v) is 2.57. The Morgan fingerprint density at radius 2 is 2.18 bits per heavy atom. The third kappa shape index (κ3) is 3.21. The Labute approximate surface area is 69.8 Å². The highest BCUT2D eigenvalue weighted by Crippen LogP contribution is 2.37. The van der Waals surface area contributed by atoms with Gasteiger partial charge in [-0.05, 0) is 44.8 Å². The molecule has 0 spiro atoms. The van der Waals surface area contributed by atoms with E-state index >= 15 is 0 Å². The van der Waals surface area contributed by atoms with Gasteiger partial charge in [0.25, 0.3) is 0 Å². The normalized spacial score (nSPS) is 29.5. The highest BCUT2D eigenvalue weighted by atomic mass is 15.1. The van der Waals surface area contributed by atoms with E-state index < -0.39 is 0 Å². The van der Waals surface area contributed by atoms with Gasteiger partial charge in [-0.25, -0.2) is 0 Å². The van der Waals surface area contributed by atoms with Crippen LogP contribution in [0.15, 0.2) is 0 Å². The van der Waals surface area contributed by atoms with Crippen LogP contribution in [0, 0.1) is 11.8 Å². The van der Waals surface area contributed by atoms with Gasteiger partial charge in [-0.1, -0.05) is 6.92 Å². The molecule has 1 saturated carbocycles. The van der Waals surface area contributed by atoms with E-state index in [0.717, 1.165) is 24.8 Å². The molecule has 1 aliphatic rings. The van der Waals surface area contributed by atoms with Crippen LogP contribution in [0.5, 0.6) is 0 Å². The predicted octanol–water partition coefficient (Wildman–Crippen LogP) is 0.923. The molecule has 0 radical (unpaired) electrons. The van der Waals surface area contributed by atoms with Crippen LogP contribution in [-0.2, 0) is 0 Å². The van der Waals surface area contributed by atoms with E-state index in [1.165, 1.54) is 19.5 Å². The summed E-state index contributed by atoms with van der Waals surface area (Å²) >= 11 is 0. The van der Waals surface area contributed by atoms with Crippen molar-refractivity contribution in [1.82, 2.24) is 4.90 Å². The van der Waals surface area contributed by atoms with Crippen LogP contribution in [0.4, 0.5) is 0 Å². The van der Waals surface area contributed by atoms with Gasteiger partial charge in [0, 0.05) is 6.54 Å². The average molecular weight is 156 g/mol. The van der Waals surface area contributed by atoms with Crippen molar-refractivity contribution in [2.45, 2.75) is 19.8 Å².